The summed E-state index contributed by atoms with van der Waals surface area (Å²) in [7, 11) is 0. The Morgan fingerprint density at radius 3 is 2.91 bits per heavy atom. The zero-order valence-corrected chi connectivity index (χ0v) is 20.1. The smallest absolute Gasteiger partial charge is 0.231 e. The van der Waals surface area contributed by atoms with Gasteiger partial charge in [0.1, 0.15) is 24.0 Å². The predicted molar refractivity (Wildman–Crippen MR) is 130 cm³/mol. The molecule has 6 nitrogen and oxygen atoms in total. The molecule has 0 aliphatic carbocycles. The summed E-state index contributed by atoms with van der Waals surface area (Å²) in [5.74, 6) is 2.12. The van der Waals surface area contributed by atoms with E-state index in [1.54, 1.807) is 23.5 Å². The quantitative estimate of drug-likeness (QED) is 0.440. The zero-order chi connectivity index (χ0) is 23.2. The van der Waals surface area contributed by atoms with Gasteiger partial charge in [0.05, 0.1) is 12.2 Å². The van der Waals surface area contributed by atoms with Gasteiger partial charge in [0.25, 0.3) is 0 Å². The first-order chi connectivity index (χ1) is 16.6. The van der Waals surface area contributed by atoms with Gasteiger partial charge in [-0.05, 0) is 49.1 Å². The summed E-state index contributed by atoms with van der Waals surface area (Å²) in [5.41, 5.74) is 3.95. The molecule has 0 radical (unpaired) electrons. The molecule has 0 amide bonds. The first-order valence-electron chi connectivity index (χ1n) is 11.1. The molecule has 0 saturated carbocycles. The molecule has 3 aliphatic heterocycles. The molecule has 0 fully saturated rings. The normalized spacial score (nSPS) is 18.1. The minimum Gasteiger partial charge on any atom is -0.477 e. The molecule has 4 heterocycles. The van der Waals surface area contributed by atoms with E-state index in [2.05, 4.69) is 22.4 Å². The van der Waals surface area contributed by atoms with Crippen LogP contribution in [0.4, 0.5) is 0 Å². The summed E-state index contributed by atoms with van der Waals surface area (Å²) in [5, 5.41) is 2.64. The van der Waals surface area contributed by atoms with Gasteiger partial charge in [0.2, 0.25) is 5.78 Å². The van der Waals surface area contributed by atoms with E-state index in [4.69, 9.17) is 30.5 Å². The number of carbonyl (C=O) groups excluding carboxylic acids is 1. The van der Waals surface area contributed by atoms with Crippen LogP contribution in [0.5, 0.6) is 17.2 Å². The second-order valence-electron chi connectivity index (χ2n) is 8.56. The van der Waals surface area contributed by atoms with Crippen LogP contribution in [0.3, 0.4) is 0 Å². The van der Waals surface area contributed by atoms with Crippen LogP contribution in [-0.4, -0.2) is 30.8 Å². The molecule has 8 heteroatoms. The molecule has 0 atom stereocenters. The second-order valence-corrected chi connectivity index (χ2v) is 10.0. The monoisotopic (exact) mass is 495 g/mol. The summed E-state index contributed by atoms with van der Waals surface area (Å²) in [6.45, 7) is 4.66. The number of allylic oxidation sites excluding steroid dienone is 1. The highest BCUT2D eigenvalue weighted by molar-refractivity contribution is 7.09. The lowest BCUT2D eigenvalue weighted by Gasteiger charge is -2.30. The number of ether oxygens (including phenoxy) is 4. The van der Waals surface area contributed by atoms with E-state index in [1.807, 2.05) is 19.1 Å². The third-order valence-corrected chi connectivity index (χ3v) is 7.40. The molecular formula is C26H22ClNO5S. The maximum absolute atomic E-state index is 13.3. The molecule has 1 aromatic heterocycles. The number of halogens is 1. The van der Waals surface area contributed by atoms with E-state index in [9.17, 15) is 4.79 Å². The van der Waals surface area contributed by atoms with Crippen LogP contribution in [0, 0.1) is 6.92 Å². The Balaban J connectivity index is 1.28. The Bertz CT molecular complexity index is 1320. The lowest BCUT2D eigenvalue weighted by Crippen LogP contribution is -2.34. The van der Waals surface area contributed by atoms with Crippen molar-refractivity contribution in [3.05, 3.63) is 79.2 Å². The molecule has 34 heavy (non-hydrogen) atoms. The van der Waals surface area contributed by atoms with Crippen molar-refractivity contribution in [2.24, 2.45) is 0 Å². The van der Waals surface area contributed by atoms with Crippen molar-refractivity contribution in [3.63, 3.8) is 0 Å². The van der Waals surface area contributed by atoms with Crippen LogP contribution < -0.4 is 14.2 Å². The molecule has 0 bridgehead atoms. The SMILES string of the molecule is Cc1c2c(cc3c1O/C(=C\c1cc(Cl)cc4c1OCOC4)C3=O)CN(CCc1cccs1)CO2. The molecular weight excluding hydrogens is 474 g/mol. The Kier molecular flexibility index (Phi) is 5.57. The summed E-state index contributed by atoms with van der Waals surface area (Å²) in [6, 6.07) is 9.72. The highest BCUT2D eigenvalue weighted by atomic mass is 35.5. The van der Waals surface area contributed by atoms with Crippen molar-refractivity contribution >= 4 is 34.8 Å². The first kappa shape index (κ1) is 21.7. The fourth-order valence-corrected chi connectivity index (χ4v) is 5.57. The minimum absolute atomic E-state index is 0.155. The third kappa shape index (κ3) is 3.88. The van der Waals surface area contributed by atoms with Crippen LogP contribution in [0.15, 0.2) is 41.5 Å². The van der Waals surface area contributed by atoms with Gasteiger partial charge in [0.15, 0.2) is 12.6 Å². The lowest BCUT2D eigenvalue weighted by molar-refractivity contribution is -0.0165. The number of Topliss-reactive ketones (excluding diaryl/α,β-unsaturated/α-hetero) is 1. The van der Waals surface area contributed by atoms with Crippen molar-refractivity contribution in [2.45, 2.75) is 26.5 Å². The van der Waals surface area contributed by atoms with Gasteiger partial charge in [-0.3, -0.25) is 9.69 Å². The van der Waals surface area contributed by atoms with Gasteiger partial charge in [-0.25, -0.2) is 0 Å². The molecule has 3 aromatic rings. The van der Waals surface area contributed by atoms with Crippen LogP contribution in [-0.2, 0) is 24.3 Å². The van der Waals surface area contributed by atoms with E-state index >= 15 is 0 Å². The Morgan fingerprint density at radius 1 is 1.15 bits per heavy atom. The Hall–Kier alpha value is -2.84. The number of benzene rings is 2. The maximum Gasteiger partial charge on any atom is 0.231 e. The van der Waals surface area contributed by atoms with Crippen molar-refractivity contribution < 1.29 is 23.7 Å². The molecule has 0 N–H and O–H groups in total. The average molecular weight is 496 g/mol. The molecule has 0 saturated heterocycles. The molecule has 0 spiro atoms. The summed E-state index contributed by atoms with van der Waals surface area (Å²) in [6.07, 6.45) is 2.68. The standard InChI is InChI=1S/C26H22ClNO5S/c1-15-24-17(11-28(13-31-24)5-4-20-3-2-6-34-20)9-21-23(29)22(33-25(15)21)10-16-7-19(27)8-18-12-30-14-32-26(16)18/h2-3,6-10H,4-5,11-14H2,1H3/b22-10-. The van der Waals surface area contributed by atoms with Gasteiger partial charge in [-0.1, -0.05) is 17.7 Å². The number of rotatable bonds is 4. The topological polar surface area (TPSA) is 57.2 Å². The molecule has 174 valence electrons. The van der Waals surface area contributed by atoms with Gasteiger partial charge >= 0.3 is 0 Å². The number of hydrogen-bond acceptors (Lipinski definition) is 7. The number of thiophene rings is 1. The first-order valence-corrected chi connectivity index (χ1v) is 12.3. The number of hydrogen-bond donors (Lipinski definition) is 0. The lowest BCUT2D eigenvalue weighted by atomic mass is 9.99. The molecule has 3 aliphatic rings. The number of carbonyl (C=O) groups is 1. The Morgan fingerprint density at radius 2 is 2.06 bits per heavy atom. The second kappa shape index (κ2) is 8.74. The fraction of sp³-hybridized carbons (Fsp3) is 0.269. The maximum atomic E-state index is 13.3. The van der Waals surface area contributed by atoms with E-state index in [-0.39, 0.29) is 18.3 Å². The highest BCUT2D eigenvalue weighted by Gasteiger charge is 2.34. The number of ketones is 1. The summed E-state index contributed by atoms with van der Waals surface area (Å²) < 4.78 is 23.2. The zero-order valence-electron chi connectivity index (χ0n) is 18.6. The highest BCUT2D eigenvalue weighted by Crippen LogP contribution is 2.44. The number of fused-ring (bicyclic) bond motifs is 3. The van der Waals surface area contributed by atoms with Crippen molar-refractivity contribution in [1.29, 1.82) is 0 Å². The average Bonchev–Trinajstić information content (AvgIpc) is 3.47. The van der Waals surface area contributed by atoms with Gasteiger partial charge in [0, 0.05) is 45.2 Å². The van der Waals surface area contributed by atoms with E-state index in [1.165, 1.54) is 4.88 Å². The van der Waals surface area contributed by atoms with E-state index in [0.717, 1.165) is 42.0 Å². The van der Waals surface area contributed by atoms with Crippen LogP contribution in [0.2, 0.25) is 5.02 Å². The number of nitrogens with zero attached hydrogens (tertiary/aromatic N) is 1. The van der Waals surface area contributed by atoms with Crippen LogP contribution in [0.1, 0.15) is 37.5 Å². The van der Waals surface area contributed by atoms with E-state index in [0.29, 0.717) is 41.0 Å². The van der Waals surface area contributed by atoms with Crippen molar-refractivity contribution in [3.8, 4) is 17.2 Å². The summed E-state index contributed by atoms with van der Waals surface area (Å²) in [4.78, 5) is 16.9. The van der Waals surface area contributed by atoms with E-state index < -0.39 is 0 Å². The van der Waals surface area contributed by atoms with Crippen molar-refractivity contribution in [2.75, 3.05) is 20.1 Å². The largest absolute Gasteiger partial charge is 0.477 e. The summed E-state index contributed by atoms with van der Waals surface area (Å²) >= 11 is 8.06. The van der Waals surface area contributed by atoms with Gasteiger partial charge in [-0.2, -0.15) is 0 Å². The van der Waals surface area contributed by atoms with Crippen molar-refractivity contribution in [1.82, 2.24) is 4.90 Å². The Labute approximate surface area is 206 Å². The predicted octanol–water partition coefficient (Wildman–Crippen LogP) is 5.59. The van der Waals surface area contributed by atoms with Gasteiger partial charge in [-0.15, -0.1) is 11.3 Å². The van der Waals surface area contributed by atoms with Gasteiger partial charge < -0.3 is 18.9 Å². The minimum atomic E-state index is -0.155. The molecule has 2 aromatic carbocycles. The molecule has 6 rings (SSSR count). The van der Waals surface area contributed by atoms with Crippen LogP contribution >= 0.6 is 22.9 Å². The third-order valence-electron chi connectivity index (χ3n) is 6.25. The van der Waals surface area contributed by atoms with Crippen LogP contribution in [0.25, 0.3) is 6.08 Å². The fourth-order valence-electron chi connectivity index (χ4n) is 4.62. The molecule has 0 unspecified atom stereocenters.